The topological polar surface area (TPSA) is 83.7 Å². The fourth-order valence-electron chi connectivity index (χ4n) is 2.49. The van der Waals surface area contributed by atoms with Gasteiger partial charge >= 0.3 is 5.97 Å². The number of carbonyl (C=O) groups excluding carboxylic acids is 1. The lowest BCUT2D eigenvalue weighted by molar-refractivity contribution is 0.0470. The summed E-state index contributed by atoms with van der Waals surface area (Å²) in [6, 6.07) is 10.2. The van der Waals surface area contributed by atoms with Gasteiger partial charge in [-0.05, 0) is 30.3 Å². The molecule has 0 saturated heterocycles. The van der Waals surface area contributed by atoms with E-state index in [0.717, 1.165) is 10.6 Å². The molecule has 0 aliphatic rings. The third-order valence-corrected chi connectivity index (χ3v) is 4.93. The van der Waals surface area contributed by atoms with E-state index in [1.807, 2.05) is 23.6 Å². The average molecular weight is 405 g/mol. The number of nitrogen functional groups attached to an aromatic ring is 1. The van der Waals surface area contributed by atoms with E-state index in [1.165, 1.54) is 23.5 Å². The molecule has 8 heteroatoms. The maximum absolute atomic E-state index is 12.2. The fraction of sp³-hybridized carbons (Fsp3) is 0.158. The van der Waals surface area contributed by atoms with E-state index >= 15 is 0 Å². The molecule has 1 aromatic heterocycles. The SMILES string of the molecule is COc1cccc(-c2nc(COC(=O)c3ccc(Cl)cc3N)cs2)c1OC. The van der Waals surface area contributed by atoms with Gasteiger partial charge in [0.15, 0.2) is 11.5 Å². The van der Waals surface area contributed by atoms with Gasteiger partial charge in [-0.25, -0.2) is 9.78 Å². The zero-order valence-electron chi connectivity index (χ0n) is 14.7. The number of carbonyl (C=O) groups is 1. The second-order valence-corrected chi connectivity index (χ2v) is 6.79. The number of hydrogen-bond acceptors (Lipinski definition) is 7. The number of anilines is 1. The van der Waals surface area contributed by atoms with Crippen molar-refractivity contribution >= 4 is 34.6 Å². The van der Waals surface area contributed by atoms with Gasteiger partial charge < -0.3 is 19.9 Å². The predicted molar refractivity (Wildman–Crippen MR) is 106 cm³/mol. The minimum absolute atomic E-state index is 0.0314. The highest BCUT2D eigenvalue weighted by atomic mass is 35.5. The summed E-state index contributed by atoms with van der Waals surface area (Å²) < 4.78 is 16.1. The number of hydrogen-bond donors (Lipinski definition) is 1. The van der Waals surface area contributed by atoms with Gasteiger partial charge in [0.2, 0.25) is 0 Å². The molecule has 0 amide bonds. The number of para-hydroxylation sites is 1. The number of nitrogens with zero attached hydrogens (tertiary/aromatic N) is 1. The Labute approximate surface area is 165 Å². The molecule has 0 spiro atoms. The van der Waals surface area contributed by atoms with Crippen molar-refractivity contribution in [3.05, 3.63) is 58.1 Å². The molecule has 3 aromatic rings. The van der Waals surface area contributed by atoms with E-state index in [1.54, 1.807) is 20.3 Å². The Balaban J connectivity index is 1.74. The highest BCUT2D eigenvalue weighted by molar-refractivity contribution is 7.13. The average Bonchev–Trinajstić information content (AvgIpc) is 3.14. The number of halogens is 1. The molecule has 2 aromatic carbocycles. The molecule has 3 rings (SSSR count). The van der Waals surface area contributed by atoms with Gasteiger partial charge in [-0.1, -0.05) is 17.7 Å². The maximum Gasteiger partial charge on any atom is 0.340 e. The summed E-state index contributed by atoms with van der Waals surface area (Å²) in [5.41, 5.74) is 7.78. The lowest BCUT2D eigenvalue weighted by atomic mass is 10.2. The Morgan fingerprint density at radius 2 is 2.04 bits per heavy atom. The lowest BCUT2D eigenvalue weighted by Gasteiger charge is -2.10. The zero-order valence-corrected chi connectivity index (χ0v) is 16.3. The van der Waals surface area contributed by atoms with Crippen LogP contribution < -0.4 is 15.2 Å². The van der Waals surface area contributed by atoms with Crippen molar-refractivity contribution < 1.29 is 19.0 Å². The number of thiazole rings is 1. The summed E-state index contributed by atoms with van der Waals surface area (Å²) in [7, 11) is 3.16. The highest BCUT2D eigenvalue weighted by Crippen LogP contribution is 2.39. The molecule has 1 heterocycles. The van der Waals surface area contributed by atoms with E-state index in [0.29, 0.717) is 22.2 Å². The first-order valence-corrected chi connectivity index (χ1v) is 9.17. The second kappa shape index (κ2) is 8.28. The van der Waals surface area contributed by atoms with Crippen LogP contribution in [0.3, 0.4) is 0 Å². The first-order valence-electron chi connectivity index (χ1n) is 7.91. The molecule has 27 heavy (non-hydrogen) atoms. The minimum Gasteiger partial charge on any atom is -0.493 e. The lowest BCUT2D eigenvalue weighted by Crippen LogP contribution is -2.08. The molecule has 0 unspecified atom stereocenters. The molecule has 140 valence electrons. The number of methoxy groups -OCH3 is 2. The molecule has 0 fully saturated rings. The largest absolute Gasteiger partial charge is 0.493 e. The predicted octanol–water partition coefficient (Wildman–Crippen LogP) is 4.42. The van der Waals surface area contributed by atoms with Crippen LogP contribution in [-0.4, -0.2) is 25.2 Å². The summed E-state index contributed by atoms with van der Waals surface area (Å²) in [5.74, 6) is 0.695. The van der Waals surface area contributed by atoms with Gasteiger partial charge in [-0.15, -0.1) is 11.3 Å². The molecule has 0 radical (unpaired) electrons. The van der Waals surface area contributed by atoms with Gasteiger partial charge in [0, 0.05) is 16.1 Å². The van der Waals surface area contributed by atoms with E-state index in [9.17, 15) is 4.79 Å². The number of esters is 1. The Bertz CT molecular complexity index is 974. The Kier molecular flexibility index (Phi) is 5.83. The summed E-state index contributed by atoms with van der Waals surface area (Å²) in [4.78, 5) is 16.7. The van der Waals surface area contributed by atoms with Crippen LogP contribution in [-0.2, 0) is 11.3 Å². The van der Waals surface area contributed by atoms with Crippen LogP contribution in [0.1, 0.15) is 16.1 Å². The van der Waals surface area contributed by atoms with Gasteiger partial charge in [-0.2, -0.15) is 0 Å². The van der Waals surface area contributed by atoms with Crippen LogP contribution in [0.15, 0.2) is 41.8 Å². The first kappa shape index (κ1) is 19.0. The van der Waals surface area contributed by atoms with Crippen LogP contribution >= 0.6 is 22.9 Å². The van der Waals surface area contributed by atoms with Crippen molar-refractivity contribution in [3.8, 4) is 22.1 Å². The monoisotopic (exact) mass is 404 g/mol. The molecule has 0 atom stereocenters. The molecular weight excluding hydrogens is 388 g/mol. The third kappa shape index (κ3) is 4.15. The molecule has 0 bridgehead atoms. The van der Waals surface area contributed by atoms with E-state index in [2.05, 4.69) is 4.98 Å². The van der Waals surface area contributed by atoms with Crippen LogP contribution in [0.2, 0.25) is 5.02 Å². The van der Waals surface area contributed by atoms with Crippen LogP contribution in [0.5, 0.6) is 11.5 Å². The Morgan fingerprint density at radius 3 is 2.74 bits per heavy atom. The Hall–Kier alpha value is -2.77. The first-order chi connectivity index (χ1) is 13.0. The van der Waals surface area contributed by atoms with Crippen molar-refractivity contribution in [2.45, 2.75) is 6.61 Å². The van der Waals surface area contributed by atoms with Crippen LogP contribution in [0.4, 0.5) is 5.69 Å². The zero-order chi connectivity index (χ0) is 19.4. The molecule has 0 aliphatic heterocycles. The van der Waals surface area contributed by atoms with Gasteiger partial charge in [0.1, 0.15) is 11.6 Å². The molecule has 0 saturated carbocycles. The van der Waals surface area contributed by atoms with Crippen molar-refractivity contribution in [1.29, 1.82) is 0 Å². The second-order valence-electron chi connectivity index (χ2n) is 5.49. The van der Waals surface area contributed by atoms with E-state index in [4.69, 9.17) is 31.5 Å². The van der Waals surface area contributed by atoms with E-state index < -0.39 is 5.97 Å². The van der Waals surface area contributed by atoms with Gasteiger partial charge in [0.25, 0.3) is 0 Å². The normalized spacial score (nSPS) is 10.5. The number of ether oxygens (including phenoxy) is 3. The molecule has 0 aliphatic carbocycles. The van der Waals surface area contributed by atoms with Gasteiger partial charge in [0.05, 0.1) is 31.0 Å². The highest BCUT2D eigenvalue weighted by Gasteiger charge is 2.16. The minimum atomic E-state index is -0.530. The fourth-order valence-corrected chi connectivity index (χ4v) is 3.50. The number of benzene rings is 2. The molecular formula is C19H17ClN2O4S. The molecule has 6 nitrogen and oxygen atoms in total. The summed E-state index contributed by atoms with van der Waals surface area (Å²) in [6.45, 7) is 0.0314. The number of aromatic nitrogens is 1. The summed E-state index contributed by atoms with van der Waals surface area (Å²) in [6.07, 6.45) is 0. The number of rotatable bonds is 6. The quantitative estimate of drug-likeness (QED) is 0.483. The van der Waals surface area contributed by atoms with Gasteiger partial charge in [-0.3, -0.25) is 0 Å². The van der Waals surface area contributed by atoms with E-state index in [-0.39, 0.29) is 17.9 Å². The van der Waals surface area contributed by atoms with Crippen molar-refractivity contribution in [2.24, 2.45) is 0 Å². The maximum atomic E-state index is 12.2. The molecule has 2 N–H and O–H groups in total. The summed E-state index contributed by atoms with van der Waals surface area (Å²) >= 11 is 7.27. The van der Waals surface area contributed by atoms with Crippen molar-refractivity contribution in [3.63, 3.8) is 0 Å². The Morgan fingerprint density at radius 1 is 1.22 bits per heavy atom. The smallest absolute Gasteiger partial charge is 0.340 e. The number of nitrogens with two attached hydrogens (primary N) is 1. The van der Waals surface area contributed by atoms with Crippen molar-refractivity contribution in [1.82, 2.24) is 4.98 Å². The van der Waals surface area contributed by atoms with Crippen LogP contribution in [0, 0.1) is 0 Å². The summed E-state index contributed by atoms with van der Waals surface area (Å²) in [5, 5.41) is 3.02. The van der Waals surface area contributed by atoms with Crippen molar-refractivity contribution in [2.75, 3.05) is 20.0 Å². The van der Waals surface area contributed by atoms with Crippen LogP contribution in [0.25, 0.3) is 10.6 Å². The third-order valence-electron chi connectivity index (χ3n) is 3.77. The standard InChI is InChI=1S/C19H17ClN2O4S/c1-24-16-5-3-4-14(17(16)25-2)18-22-12(10-27-18)9-26-19(23)13-7-6-11(20)8-15(13)21/h3-8,10H,9,21H2,1-2H3.